The third-order valence-corrected chi connectivity index (χ3v) is 6.67. The molecule has 1 amide bonds. The van der Waals surface area contributed by atoms with Crippen LogP contribution in [-0.4, -0.2) is 26.4 Å². The van der Waals surface area contributed by atoms with Gasteiger partial charge in [-0.25, -0.2) is 4.68 Å². The summed E-state index contributed by atoms with van der Waals surface area (Å²) in [5.74, 6) is 1.74. The second kappa shape index (κ2) is 10.3. The van der Waals surface area contributed by atoms with Gasteiger partial charge in [-0.1, -0.05) is 67.0 Å². The minimum absolute atomic E-state index is 0.365. The molecule has 1 unspecified atom stereocenters. The second-order valence-corrected chi connectivity index (χ2v) is 9.21. The monoisotopic (exact) mass is 483 g/mol. The number of benzene rings is 2. The number of aromatic nitrogens is 3. The number of allylic oxidation sites excluding steroid dienone is 1. The summed E-state index contributed by atoms with van der Waals surface area (Å²) in [6.07, 6.45) is 2.20. The largest absolute Gasteiger partial charge is 0.489 e. The van der Waals surface area contributed by atoms with Crippen LogP contribution in [0.4, 0.5) is 5.95 Å². The van der Waals surface area contributed by atoms with E-state index in [4.69, 9.17) is 22.1 Å². The quantitative estimate of drug-likeness (QED) is 0.322. The van der Waals surface area contributed by atoms with Crippen molar-refractivity contribution in [2.45, 2.75) is 44.5 Å². The predicted octanol–water partition coefficient (Wildman–Crippen LogP) is 5.18. The van der Waals surface area contributed by atoms with E-state index in [9.17, 15) is 4.79 Å². The van der Waals surface area contributed by atoms with Crippen LogP contribution >= 0.6 is 23.4 Å². The van der Waals surface area contributed by atoms with E-state index in [2.05, 4.69) is 22.3 Å². The Bertz CT molecular complexity index is 1180. The van der Waals surface area contributed by atoms with Gasteiger partial charge in [0.2, 0.25) is 17.0 Å². The number of halogens is 1. The summed E-state index contributed by atoms with van der Waals surface area (Å²) >= 11 is 7.82. The van der Waals surface area contributed by atoms with Crippen LogP contribution < -0.4 is 15.8 Å². The maximum absolute atomic E-state index is 12.4. The van der Waals surface area contributed by atoms with Gasteiger partial charge in [0.05, 0.1) is 5.57 Å². The van der Waals surface area contributed by atoms with Crippen molar-refractivity contribution < 1.29 is 9.53 Å². The highest BCUT2D eigenvalue weighted by Gasteiger charge is 2.33. The number of unbranched alkanes of at least 4 members (excludes halogenated alkanes) is 1. The molecule has 2 heterocycles. The first-order valence-corrected chi connectivity index (χ1v) is 12.2. The molecule has 172 valence electrons. The van der Waals surface area contributed by atoms with E-state index >= 15 is 0 Å². The highest BCUT2D eigenvalue weighted by molar-refractivity contribution is 7.99. The molecule has 33 heavy (non-hydrogen) atoms. The van der Waals surface area contributed by atoms with Gasteiger partial charge in [-0.05, 0) is 37.1 Å². The molecule has 3 N–H and O–H groups in total. The number of anilines is 1. The number of nitrogens with zero attached hydrogens (tertiary/aromatic N) is 3. The zero-order chi connectivity index (χ0) is 23.4. The summed E-state index contributed by atoms with van der Waals surface area (Å²) in [4.78, 5) is 17.0. The first kappa shape index (κ1) is 23.2. The van der Waals surface area contributed by atoms with E-state index in [1.54, 1.807) is 16.4 Å². The molecule has 0 bridgehead atoms. The minimum atomic E-state index is -0.495. The molecule has 7 nitrogen and oxygen atoms in total. The molecule has 0 aliphatic carbocycles. The lowest BCUT2D eigenvalue weighted by atomic mass is 9.95. The lowest BCUT2D eigenvalue weighted by molar-refractivity contribution is -0.115. The summed E-state index contributed by atoms with van der Waals surface area (Å²) in [6.45, 7) is 4.34. The third kappa shape index (κ3) is 5.17. The summed E-state index contributed by atoms with van der Waals surface area (Å²) < 4.78 is 7.64. The van der Waals surface area contributed by atoms with Crippen LogP contribution in [0.2, 0.25) is 5.02 Å². The molecule has 0 saturated carbocycles. The van der Waals surface area contributed by atoms with Crippen molar-refractivity contribution in [2.75, 3.05) is 11.1 Å². The number of thioether (sulfide) groups is 1. The van der Waals surface area contributed by atoms with Crippen molar-refractivity contribution in [1.29, 1.82) is 0 Å². The first-order valence-electron chi connectivity index (χ1n) is 10.8. The van der Waals surface area contributed by atoms with Gasteiger partial charge in [-0.2, -0.15) is 4.98 Å². The fraction of sp³-hybridized carbons (Fsp3) is 0.292. The van der Waals surface area contributed by atoms with Crippen LogP contribution in [0.1, 0.15) is 43.9 Å². The lowest BCUT2D eigenvalue weighted by Gasteiger charge is -2.27. The Morgan fingerprint density at radius 3 is 2.70 bits per heavy atom. The fourth-order valence-corrected chi connectivity index (χ4v) is 4.75. The van der Waals surface area contributed by atoms with Gasteiger partial charge in [0.1, 0.15) is 18.4 Å². The Kier molecular flexibility index (Phi) is 7.25. The van der Waals surface area contributed by atoms with Crippen LogP contribution in [0.3, 0.4) is 0 Å². The van der Waals surface area contributed by atoms with Crippen LogP contribution in [0, 0.1) is 0 Å². The predicted molar refractivity (Wildman–Crippen MR) is 132 cm³/mol. The molecular formula is C24H26ClN5O2S. The average Bonchev–Trinajstić information content (AvgIpc) is 3.20. The zero-order valence-electron chi connectivity index (χ0n) is 18.5. The fourth-order valence-electron chi connectivity index (χ4n) is 3.65. The van der Waals surface area contributed by atoms with Crippen molar-refractivity contribution in [1.82, 2.24) is 14.8 Å². The Hall–Kier alpha value is -2.97. The molecule has 0 radical (unpaired) electrons. The van der Waals surface area contributed by atoms with E-state index in [0.717, 1.165) is 29.7 Å². The number of primary amides is 1. The average molecular weight is 484 g/mol. The van der Waals surface area contributed by atoms with E-state index in [1.807, 2.05) is 55.5 Å². The van der Waals surface area contributed by atoms with Crippen LogP contribution in [0.25, 0.3) is 0 Å². The van der Waals surface area contributed by atoms with E-state index in [0.29, 0.717) is 39.8 Å². The Labute approximate surface area is 202 Å². The number of hydrogen-bond donors (Lipinski definition) is 2. The minimum Gasteiger partial charge on any atom is -0.489 e. The summed E-state index contributed by atoms with van der Waals surface area (Å²) in [6, 6.07) is 14.7. The van der Waals surface area contributed by atoms with Crippen molar-refractivity contribution in [2.24, 2.45) is 5.73 Å². The van der Waals surface area contributed by atoms with Crippen molar-refractivity contribution in [3.63, 3.8) is 0 Å². The molecule has 0 saturated heterocycles. The number of nitrogens with one attached hydrogen (secondary N) is 1. The van der Waals surface area contributed by atoms with Crippen molar-refractivity contribution >= 4 is 35.2 Å². The van der Waals surface area contributed by atoms with E-state index in [-0.39, 0.29) is 0 Å². The molecule has 1 aromatic heterocycles. The Balaban J connectivity index is 1.59. The SMILES string of the molecule is CCCCSc1nc2n(n1)C(c1ccc(OCc3ccccc3Cl)cc1)C(C(N)=O)=C(C)N2. The van der Waals surface area contributed by atoms with Crippen LogP contribution in [0.5, 0.6) is 5.75 Å². The van der Waals surface area contributed by atoms with Gasteiger partial charge in [-0.15, -0.1) is 5.10 Å². The molecular weight excluding hydrogens is 458 g/mol. The normalized spacial score (nSPS) is 15.2. The maximum atomic E-state index is 12.4. The number of hydrogen-bond acceptors (Lipinski definition) is 6. The number of amides is 1. The Morgan fingerprint density at radius 2 is 2.00 bits per heavy atom. The van der Waals surface area contributed by atoms with Crippen molar-refractivity contribution in [3.05, 3.63) is 76.0 Å². The second-order valence-electron chi connectivity index (χ2n) is 7.74. The summed E-state index contributed by atoms with van der Waals surface area (Å²) in [5, 5.41) is 9.19. The van der Waals surface area contributed by atoms with Gasteiger partial charge < -0.3 is 15.8 Å². The molecule has 3 aromatic rings. The smallest absolute Gasteiger partial charge is 0.248 e. The molecule has 1 aliphatic rings. The van der Waals surface area contributed by atoms with E-state index in [1.165, 1.54) is 0 Å². The number of fused-ring (bicyclic) bond motifs is 1. The number of rotatable bonds is 9. The molecule has 1 atom stereocenters. The lowest BCUT2D eigenvalue weighted by Crippen LogP contribution is -2.31. The molecule has 9 heteroatoms. The number of carbonyl (C=O) groups excluding carboxylic acids is 1. The van der Waals surface area contributed by atoms with E-state index < -0.39 is 11.9 Å². The van der Waals surface area contributed by atoms with Gasteiger partial charge in [0.25, 0.3) is 0 Å². The van der Waals surface area contributed by atoms with Crippen molar-refractivity contribution in [3.8, 4) is 5.75 Å². The molecule has 2 aromatic carbocycles. The van der Waals surface area contributed by atoms with Gasteiger partial charge >= 0.3 is 0 Å². The molecule has 1 aliphatic heterocycles. The number of nitrogens with two attached hydrogens (primary N) is 1. The zero-order valence-corrected chi connectivity index (χ0v) is 20.1. The summed E-state index contributed by atoms with van der Waals surface area (Å²) in [5.41, 5.74) is 8.68. The third-order valence-electron chi connectivity index (χ3n) is 5.38. The molecule has 0 spiro atoms. The number of ether oxygens (including phenoxy) is 1. The van der Waals surface area contributed by atoms with Crippen LogP contribution in [-0.2, 0) is 11.4 Å². The highest BCUT2D eigenvalue weighted by Crippen LogP contribution is 2.36. The van der Waals surface area contributed by atoms with Gasteiger partial charge in [-0.3, -0.25) is 4.79 Å². The molecule has 4 rings (SSSR count). The first-order chi connectivity index (χ1) is 16.0. The molecule has 0 fully saturated rings. The Morgan fingerprint density at radius 1 is 1.24 bits per heavy atom. The van der Waals surface area contributed by atoms with Gasteiger partial charge in [0, 0.05) is 22.0 Å². The highest BCUT2D eigenvalue weighted by atomic mass is 35.5. The topological polar surface area (TPSA) is 95.1 Å². The number of carbonyl (C=O) groups is 1. The van der Waals surface area contributed by atoms with Crippen LogP contribution in [0.15, 0.2) is 65.0 Å². The standard InChI is InChI=1S/C24H26ClN5O2S/c1-3-4-13-33-24-28-23-27-15(2)20(22(26)31)21(30(23)29-24)16-9-11-18(12-10-16)32-14-17-7-5-6-8-19(17)25/h5-12,21H,3-4,13-14H2,1-2H3,(H2,26,31)(H,27,28,29). The summed E-state index contributed by atoms with van der Waals surface area (Å²) in [7, 11) is 0. The van der Waals surface area contributed by atoms with Gasteiger partial charge in [0.15, 0.2) is 0 Å². The maximum Gasteiger partial charge on any atom is 0.248 e.